The van der Waals surface area contributed by atoms with Gasteiger partial charge in [-0.15, -0.1) is 0 Å². The normalized spacial score (nSPS) is 12.0. The largest absolute Gasteiger partial charge is 0.379 e. The van der Waals surface area contributed by atoms with E-state index in [0.29, 0.717) is 0 Å². The fourth-order valence-electron chi connectivity index (χ4n) is 2.35. The molecule has 0 spiro atoms. The Kier molecular flexibility index (Phi) is 4.71. The molecule has 2 aromatic carbocycles. The van der Waals surface area contributed by atoms with Crippen molar-refractivity contribution in [1.82, 2.24) is 0 Å². The van der Waals surface area contributed by atoms with E-state index in [-0.39, 0.29) is 21.6 Å². The van der Waals surface area contributed by atoms with E-state index in [9.17, 15) is 13.2 Å². The third kappa shape index (κ3) is 3.76. The minimum absolute atomic E-state index is 0.0954. The zero-order chi connectivity index (χ0) is 18.1. The van der Waals surface area contributed by atoms with Crippen LogP contribution >= 0.6 is 0 Å². The Morgan fingerprint density at radius 2 is 1.71 bits per heavy atom. The predicted molar refractivity (Wildman–Crippen MR) is 92.7 cm³/mol. The first kappa shape index (κ1) is 18.0. The van der Waals surface area contributed by atoms with Crippen molar-refractivity contribution >= 4 is 16.0 Å². The smallest absolute Gasteiger partial charge is 0.340 e. The average molecular weight is 347 g/mol. The van der Waals surface area contributed by atoms with Gasteiger partial charge in [0.2, 0.25) is 5.91 Å². The minimum Gasteiger partial charge on any atom is -0.379 e. The van der Waals surface area contributed by atoms with Gasteiger partial charge in [-0.25, -0.2) is 0 Å². The van der Waals surface area contributed by atoms with Crippen LogP contribution in [0.4, 0.5) is 0 Å². The predicted octanol–water partition coefficient (Wildman–Crippen LogP) is 3.16. The Hall–Kier alpha value is -2.34. The molecule has 2 rings (SSSR count). The molecule has 1 amide bonds. The lowest BCUT2D eigenvalue weighted by molar-refractivity contribution is 0.0997. The standard InChI is InChI=1S/C18H21NO4S/c1-12-9-10-15(14(11-12)18(2,3)4)23-24(21,22)16-8-6-5-7-13(16)17(19)20/h5-11H,1-4H3,(H2,19,20). The summed E-state index contributed by atoms with van der Waals surface area (Å²) < 4.78 is 30.7. The van der Waals surface area contributed by atoms with Crippen molar-refractivity contribution in [2.75, 3.05) is 0 Å². The summed E-state index contributed by atoms with van der Waals surface area (Å²) in [4.78, 5) is 11.3. The van der Waals surface area contributed by atoms with Crippen molar-refractivity contribution in [2.24, 2.45) is 5.73 Å². The zero-order valence-corrected chi connectivity index (χ0v) is 15.0. The topological polar surface area (TPSA) is 86.5 Å². The third-order valence-electron chi connectivity index (χ3n) is 3.56. The summed E-state index contributed by atoms with van der Waals surface area (Å²) in [6.07, 6.45) is 0. The second-order valence-electron chi connectivity index (χ2n) is 6.65. The maximum atomic E-state index is 12.7. The highest BCUT2D eigenvalue weighted by Crippen LogP contribution is 2.34. The van der Waals surface area contributed by atoms with Crippen molar-refractivity contribution in [3.63, 3.8) is 0 Å². The Bertz CT molecular complexity index is 880. The van der Waals surface area contributed by atoms with Gasteiger partial charge in [-0.2, -0.15) is 8.42 Å². The molecule has 0 radical (unpaired) electrons. The Balaban J connectivity index is 2.54. The van der Waals surface area contributed by atoms with E-state index in [1.165, 1.54) is 18.2 Å². The number of hydrogen-bond acceptors (Lipinski definition) is 4. The molecule has 0 aliphatic rings. The highest BCUT2D eigenvalue weighted by molar-refractivity contribution is 7.87. The molecule has 0 unspecified atom stereocenters. The van der Waals surface area contributed by atoms with E-state index in [1.807, 2.05) is 33.8 Å². The number of rotatable bonds is 4. The van der Waals surface area contributed by atoms with Gasteiger partial charge < -0.3 is 9.92 Å². The van der Waals surface area contributed by atoms with Gasteiger partial charge in [0.05, 0.1) is 5.56 Å². The fourth-order valence-corrected chi connectivity index (χ4v) is 3.51. The lowest BCUT2D eigenvalue weighted by Crippen LogP contribution is -2.21. The summed E-state index contributed by atoms with van der Waals surface area (Å²) >= 11 is 0. The maximum absolute atomic E-state index is 12.7. The van der Waals surface area contributed by atoms with E-state index in [0.717, 1.165) is 11.1 Å². The third-order valence-corrected chi connectivity index (χ3v) is 4.86. The van der Waals surface area contributed by atoms with Crippen molar-refractivity contribution in [3.8, 4) is 5.75 Å². The lowest BCUT2D eigenvalue weighted by Gasteiger charge is -2.23. The van der Waals surface area contributed by atoms with Crippen LogP contribution in [0.2, 0.25) is 0 Å². The van der Waals surface area contributed by atoms with Crippen LogP contribution in [0, 0.1) is 6.92 Å². The van der Waals surface area contributed by atoms with Gasteiger partial charge in [0.1, 0.15) is 10.6 Å². The number of primary amides is 1. The molecular formula is C18H21NO4S. The molecule has 6 heteroatoms. The number of carbonyl (C=O) groups is 1. The highest BCUT2D eigenvalue weighted by atomic mass is 32.2. The van der Waals surface area contributed by atoms with Gasteiger partial charge in [-0.3, -0.25) is 4.79 Å². The monoisotopic (exact) mass is 347 g/mol. The van der Waals surface area contributed by atoms with Gasteiger partial charge in [0.15, 0.2) is 0 Å². The number of nitrogens with two attached hydrogens (primary N) is 1. The van der Waals surface area contributed by atoms with Crippen LogP contribution in [0.1, 0.15) is 42.3 Å². The molecule has 5 nitrogen and oxygen atoms in total. The molecule has 0 heterocycles. The summed E-state index contributed by atoms with van der Waals surface area (Å²) in [6, 6.07) is 11.0. The second-order valence-corrected chi connectivity index (χ2v) is 8.16. The van der Waals surface area contributed by atoms with E-state index in [2.05, 4.69) is 0 Å². The van der Waals surface area contributed by atoms with Gasteiger partial charge in [-0.05, 0) is 30.5 Å². The number of hydrogen-bond donors (Lipinski definition) is 1. The van der Waals surface area contributed by atoms with Crippen molar-refractivity contribution in [2.45, 2.75) is 38.0 Å². The van der Waals surface area contributed by atoms with Crippen LogP contribution in [0.15, 0.2) is 47.4 Å². The van der Waals surface area contributed by atoms with E-state index < -0.39 is 16.0 Å². The Morgan fingerprint density at radius 3 is 2.29 bits per heavy atom. The van der Waals surface area contributed by atoms with Crippen LogP contribution in [0.3, 0.4) is 0 Å². The summed E-state index contributed by atoms with van der Waals surface area (Å²) in [5, 5.41) is 0. The number of carbonyl (C=O) groups excluding carboxylic acids is 1. The molecule has 2 N–H and O–H groups in total. The number of amides is 1. The van der Waals surface area contributed by atoms with Gasteiger partial charge in [0.25, 0.3) is 0 Å². The molecule has 0 saturated carbocycles. The molecule has 0 fully saturated rings. The quantitative estimate of drug-likeness (QED) is 0.861. The molecule has 0 aromatic heterocycles. The Labute approximate surface area is 142 Å². The van der Waals surface area contributed by atoms with Crippen molar-refractivity contribution in [1.29, 1.82) is 0 Å². The maximum Gasteiger partial charge on any atom is 0.340 e. The molecule has 2 aromatic rings. The van der Waals surface area contributed by atoms with Gasteiger partial charge in [0, 0.05) is 5.56 Å². The van der Waals surface area contributed by atoms with Gasteiger partial charge >= 0.3 is 10.1 Å². The molecule has 24 heavy (non-hydrogen) atoms. The van der Waals surface area contributed by atoms with Crippen molar-refractivity contribution < 1.29 is 17.4 Å². The fraction of sp³-hybridized carbons (Fsp3) is 0.278. The average Bonchev–Trinajstić information content (AvgIpc) is 2.48. The summed E-state index contributed by atoms with van der Waals surface area (Å²) in [6.45, 7) is 7.84. The minimum atomic E-state index is -4.19. The highest BCUT2D eigenvalue weighted by Gasteiger charge is 2.26. The first-order chi connectivity index (χ1) is 11.0. The first-order valence-corrected chi connectivity index (χ1v) is 8.87. The summed E-state index contributed by atoms with van der Waals surface area (Å²) in [5.74, 6) is -0.579. The Morgan fingerprint density at radius 1 is 1.08 bits per heavy atom. The van der Waals surface area contributed by atoms with Gasteiger partial charge in [-0.1, -0.05) is 50.6 Å². The van der Waals surface area contributed by atoms with Crippen LogP contribution in [-0.4, -0.2) is 14.3 Å². The molecule has 0 saturated heterocycles. The van der Waals surface area contributed by atoms with E-state index >= 15 is 0 Å². The summed E-state index contributed by atoms with van der Waals surface area (Å²) in [5.41, 5.74) is 6.63. The first-order valence-electron chi connectivity index (χ1n) is 7.47. The number of benzene rings is 2. The molecule has 0 aliphatic carbocycles. The van der Waals surface area contributed by atoms with Crippen LogP contribution < -0.4 is 9.92 Å². The van der Waals surface area contributed by atoms with Crippen LogP contribution in [-0.2, 0) is 15.5 Å². The van der Waals surface area contributed by atoms with E-state index in [1.54, 1.807) is 18.2 Å². The second kappa shape index (κ2) is 6.28. The molecule has 0 bridgehead atoms. The molecule has 0 atom stereocenters. The van der Waals surface area contributed by atoms with Crippen LogP contribution in [0.5, 0.6) is 5.75 Å². The SMILES string of the molecule is Cc1ccc(OS(=O)(=O)c2ccccc2C(N)=O)c(C(C)(C)C)c1. The lowest BCUT2D eigenvalue weighted by atomic mass is 9.85. The number of aryl methyl sites for hydroxylation is 1. The van der Waals surface area contributed by atoms with Crippen molar-refractivity contribution in [3.05, 3.63) is 59.2 Å². The van der Waals surface area contributed by atoms with Crippen LogP contribution in [0.25, 0.3) is 0 Å². The zero-order valence-electron chi connectivity index (χ0n) is 14.2. The van der Waals surface area contributed by atoms with E-state index in [4.69, 9.17) is 9.92 Å². The summed E-state index contributed by atoms with van der Waals surface area (Å²) in [7, 11) is -4.19. The molecular weight excluding hydrogens is 326 g/mol. The molecule has 0 aliphatic heterocycles. The molecule has 128 valence electrons.